The second-order valence-corrected chi connectivity index (χ2v) is 15.7. The number of hydrogen-bond acceptors (Lipinski definition) is 1. The van der Waals surface area contributed by atoms with E-state index in [2.05, 4.69) is 33.9 Å². The van der Waals surface area contributed by atoms with E-state index >= 15 is 0 Å². The van der Waals surface area contributed by atoms with Gasteiger partial charge < -0.3 is 4.43 Å². The summed E-state index contributed by atoms with van der Waals surface area (Å²) in [4.78, 5) is -0.0469. The molecule has 0 aliphatic heterocycles. The van der Waals surface area contributed by atoms with Crippen molar-refractivity contribution in [2.75, 3.05) is 7.11 Å². The van der Waals surface area contributed by atoms with Crippen LogP contribution in [0.2, 0.25) is 19.1 Å². The molecule has 0 aromatic heterocycles. The van der Waals surface area contributed by atoms with Gasteiger partial charge in [0.2, 0.25) is 0 Å². The summed E-state index contributed by atoms with van der Waals surface area (Å²) in [5.41, 5.74) is 0. The van der Waals surface area contributed by atoms with E-state index in [1.54, 1.807) is 0 Å². The molecule has 1 nitrogen and oxygen atoms in total. The quantitative estimate of drug-likeness (QED) is 0.0966. The monoisotopic (exact) mass is 446 g/mol. The molecule has 0 rings (SSSR count). The molecule has 0 saturated carbocycles. The van der Waals surface area contributed by atoms with E-state index in [1.807, 2.05) is 7.11 Å². The molecule has 0 bridgehead atoms. The summed E-state index contributed by atoms with van der Waals surface area (Å²) < 4.78 is 5.67. The van der Waals surface area contributed by atoms with Crippen molar-refractivity contribution >= 4 is 19.9 Å². The molecule has 0 fully saturated rings. The molecular formula is C26H55ClOSi. The predicted molar refractivity (Wildman–Crippen MR) is 137 cm³/mol. The fourth-order valence-corrected chi connectivity index (χ4v) is 5.63. The van der Waals surface area contributed by atoms with Gasteiger partial charge in [-0.1, -0.05) is 110 Å². The predicted octanol–water partition coefficient (Wildman–Crippen LogP) is 10.1. The van der Waals surface area contributed by atoms with Gasteiger partial charge in [0.15, 0.2) is 8.32 Å². The summed E-state index contributed by atoms with van der Waals surface area (Å²) in [5, 5.41) is 0. The van der Waals surface area contributed by atoms with E-state index in [-0.39, 0.29) is 4.87 Å². The Balaban J connectivity index is 3.53. The summed E-state index contributed by atoms with van der Waals surface area (Å²) in [6, 6.07) is 1.22. The number of rotatable bonds is 21. The average molecular weight is 447 g/mol. The molecule has 0 aliphatic carbocycles. The highest BCUT2D eigenvalue weighted by molar-refractivity contribution is 6.71. The van der Waals surface area contributed by atoms with Crippen molar-refractivity contribution in [1.29, 1.82) is 0 Å². The van der Waals surface area contributed by atoms with Crippen molar-refractivity contribution in [3.05, 3.63) is 0 Å². The molecule has 29 heavy (non-hydrogen) atoms. The van der Waals surface area contributed by atoms with Crippen LogP contribution in [0.25, 0.3) is 0 Å². The average Bonchev–Trinajstić information content (AvgIpc) is 2.67. The molecule has 0 heterocycles. The zero-order valence-electron chi connectivity index (χ0n) is 21.1. The molecular weight excluding hydrogens is 392 g/mol. The minimum atomic E-state index is -1.43. The highest BCUT2D eigenvalue weighted by Gasteiger charge is 2.29. The Morgan fingerprint density at radius 2 is 1.17 bits per heavy atom. The van der Waals surface area contributed by atoms with Crippen molar-refractivity contribution < 1.29 is 4.43 Å². The van der Waals surface area contributed by atoms with Crippen molar-refractivity contribution in [1.82, 2.24) is 0 Å². The molecule has 2 unspecified atom stereocenters. The Morgan fingerprint density at radius 3 is 1.59 bits per heavy atom. The number of alkyl halides is 1. The Morgan fingerprint density at radius 1 is 0.759 bits per heavy atom. The van der Waals surface area contributed by atoms with E-state index in [0.29, 0.717) is 5.92 Å². The largest absolute Gasteiger partial charge is 0.420 e. The first-order valence-corrected chi connectivity index (χ1v) is 16.5. The van der Waals surface area contributed by atoms with Crippen molar-refractivity contribution in [2.45, 2.75) is 154 Å². The lowest BCUT2D eigenvalue weighted by Gasteiger charge is -2.31. The summed E-state index contributed by atoms with van der Waals surface area (Å²) >= 11 is 6.89. The maximum Gasteiger partial charge on any atom is 0.186 e. The van der Waals surface area contributed by atoms with Crippen LogP contribution in [0.3, 0.4) is 0 Å². The van der Waals surface area contributed by atoms with Crippen LogP contribution in [0.4, 0.5) is 0 Å². The highest BCUT2D eigenvalue weighted by Crippen LogP contribution is 2.35. The molecule has 0 spiro atoms. The van der Waals surface area contributed by atoms with Crippen LogP contribution in [0.1, 0.15) is 130 Å². The second-order valence-electron chi connectivity index (χ2n) is 10.4. The third-order valence-electron chi connectivity index (χ3n) is 7.02. The first-order chi connectivity index (χ1) is 13.7. The third kappa shape index (κ3) is 17.8. The molecule has 176 valence electrons. The van der Waals surface area contributed by atoms with Crippen LogP contribution in [0.5, 0.6) is 0 Å². The minimum Gasteiger partial charge on any atom is -0.420 e. The van der Waals surface area contributed by atoms with Crippen LogP contribution in [-0.2, 0) is 4.43 Å². The molecule has 0 aromatic carbocycles. The normalized spacial score (nSPS) is 15.4. The maximum absolute atomic E-state index is 6.89. The van der Waals surface area contributed by atoms with Gasteiger partial charge in [-0.3, -0.25) is 0 Å². The smallest absolute Gasteiger partial charge is 0.186 e. The third-order valence-corrected chi connectivity index (χ3v) is 10.2. The van der Waals surface area contributed by atoms with Crippen LogP contribution in [0, 0.1) is 5.92 Å². The van der Waals surface area contributed by atoms with Crippen LogP contribution < -0.4 is 0 Å². The van der Waals surface area contributed by atoms with Gasteiger partial charge in [-0.25, -0.2) is 0 Å². The Labute approximate surface area is 191 Å². The molecule has 3 heteroatoms. The lowest BCUT2D eigenvalue weighted by molar-refractivity contribution is 0.353. The first kappa shape index (κ1) is 29.5. The lowest BCUT2D eigenvalue weighted by atomic mass is 9.86. The van der Waals surface area contributed by atoms with Crippen molar-refractivity contribution in [2.24, 2.45) is 5.92 Å². The summed E-state index contributed by atoms with van der Waals surface area (Å²) in [5.74, 6) is 0.605. The molecule has 0 radical (unpaired) electrons. The van der Waals surface area contributed by atoms with Crippen LogP contribution in [0.15, 0.2) is 0 Å². The van der Waals surface area contributed by atoms with Crippen molar-refractivity contribution in [3.8, 4) is 0 Å². The van der Waals surface area contributed by atoms with Gasteiger partial charge in [0.05, 0.1) is 0 Å². The van der Waals surface area contributed by atoms with E-state index < -0.39 is 8.32 Å². The Kier molecular flexibility index (Phi) is 18.4. The number of unbranched alkanes of at least 4 members (excludes halogenated alkanes) is 13. The lowest BCUT2D eigenvalue weighted by Crippen LogP contribution is -2.31. The van der Waals surface area contributed by atoms with Crippen LogP contribution >= 0.6 is 11.6 Å². The molecule has 0 N–H and O–H groups in total. The summed E-state index contributed by atoms with van der Waals surface area (Å²) in [6.07, 6.45) is 23.6. The van der Waals surface area contributed by atoms with E-state index in [9.17, 15) is 0 Å². The summed E-state index contributed by atoms with van der Waals surface area (Å²) in [7, 11) is 0.433. The molecule has 0 amide bonds. The zero-order chi connectivity index (χ0) is 22.0. The fraction of sp³-hybridized carbons (Fsp3) is 1.00. The van der Waals surface area contributed by atoms with Crippen molar-refractivity contribution in [3.63, 3.8) is 0 Å². The Hall–Kier alpha value is 0.467. The Bertz CT molecular complexity index is 357. The SMILES string of the molecule is CCCCCCCCCCCCCCCCC(C)C(C)(Cl)CCC[Si](C)(C)OC. The molecule has 2 atom stereocenters. The van der Waals surface area contributed by atoms with E-state index in [1.165, 1.54) is 109 Å². The van der Waals surface area contributed by atoms with Gasteiger partial charge >= 0.3 is 0 Å². The first-order valence-electron chi connectivity index (χ1n) is 13.0. The van der Waals surface area contributed by atoms with Gasteiger partial charge in [0.1, 0.15) is 0 Å². The summed E-state index contributed by atoms with van der Waals surface area (Å²) in [6.45, 7) is 11.5. The highest BCUT2D eigenvalue weighted by atomic mass is 35.5. The molecule has 0 saturated heterocycles. The number of hydrogen-bond donors (Lipinski definition) is 0. The molecule has 0 aliphatic rings. The zero-order valence-corrected chi connectivity index (χ0v) is 22.8. The van der Waals surface area contributed by atoms with E-state index in [0.717, 1.165) is 6.42 Å². The van der Waals surface area contributed by atoms with Gasteiger partial charge in [0, 0.05) is 12.0 Å². The topological polar surface area (TPSA) is 9.23 Å². The molecule has 0 aromatic rings. The van der Waals surface area contributed by atoms with Crippen LogP contribution in [-0.4, -0.2) is 20.3 Å². The van der Waals surface area contributed by atoms with E-state index in [4.69, 9.17) is 16.0 Å². The standard InChI is InChI=1S/C26H55ClOSi/c1-7-8-9-10-11-12-13-14-15-16-17-18-19-20-22-25(2)26(3,27)23-21-24-29(5,6)28-4/h25H,7-24H2,1-6H3. The second kappa shape index (κ2) is 18.1. The van der Waals surface area contributed by atoms with Gasteiger partial charge in [0.25, 0.3) is 0 Å². The minimum absolute atomic E-state index is 0.0469. The fourth-order valence-electron chi connectivity index (χ4n) is 4.15. The maximum atomic E-state index is 6.89. The van der Waals surface area contributed by atoms with Gasteiger partial charge in [-0.05, 0) is 44.8 Å². The van der Waals surface area contributed by atoms with Gasteiger partial charge in [-0.15, -0.1) is 11.6 Å². The number of halogens is 1. The van der Waals surface area contributed by atoms with Gasteiger partial charge in [-0.2, -0.15) is 0 Å².